The first kappa shape index (κ1) is 11.6. The second kappa shape index (κ2) is 4.96. The van der Waals surface area contributed by atoms with E-state index >= 15 is 0 Å². The topological polar surface area (TPSA) is 36.3 Å². The van der Waals surface area contributed by atoms with Crippen LogP contribution in [-0.2, 0) is 11.2 Å². The molecule has 0 N–H and O–H groups in total. The average molecular weight is 236 g/mol. The van der Waals surface area contributed by atoms with Crippen LogP contribution in [-0.4, -0.2) is 36.7 Å². The molecule has 1 aromatic heterocycles. The molecule has 1 unspecified atom stereocenters. The van der Waals surface area contributed by atoms with Crippen LogP contribution in [0.15, 0.2) is 17.5 Å². The molecule has 0 saturated carbocycles. The van der Waals surface area contributed by atoms with Crippen molar-refractivity contribution >= 4 is 11.3 Å². The Morgan fingerprint density at radius 1 is 1.56 bits per heavy atom. The highest BCUT2D eigenvalue weighted by molar-refractivity contribution is 7.09. The lowest BCUT2D eigenvalue weighted by molar-refractivity contribution is 0.00209. The monoisotopic (exact) mass is 236 g/mol. The maximum Gasteiger partial charge on any atom is 0.111 e. The summed E-state index contributed by atoms with van der Waals surface area (Å²) >= 11 is 1.72. The van der Waals surface area contributed by atoms with Gasteiger partial charge in [0.15, 0.2) is 0 Å². The number of nitriles is 1. The molecule has 3 nitrogen and oxygen atoms in total. The third-order valence-electron chi connectivity index (χ3n) is 3.05. The third kappa shape index (κ3) is 2.43. The largest absolute Gasteiger partial charge is 0.379 e. The highest BCUT2D eigenvalue weighted by Gasteiger charge is 2.33. The Morgan fingerprint density at radius 2 is 2.31 bits per heavy atom. The fourth-order valence-corrected chi connectivity index (χ4v) is 2.88. The Labute approximate surface area is 100 Å². The van der Waals surface area contributed by atoms with E-state index in [4.69, 9.17) is 4.74 Å². The molecule has 0 spiro atoms. The van der Waals surface area contributed by atoms with Gasteiger partial charge in [-0.05, 0) is 18.4 Å². The molecule has 0 bridgehead atoms. The summed E-state index contributed by atoms with van der Waals surface area (Å²) in [6.07, 6.45) is 0.807. The minimum absolute atomic E-state index is 0.394. The first-order chi connectivity index (χ1) is 7.74. The van der Waals surface area contributed by atoms with Crippen molar-refractivity contribution < 1.29 is 4.74 Å². The van der Waals surface area contributed by atoms with Gasteiger partial charge in [0.1, 0.15) is 5.54 Å². The normalized spacial score (nSPS) is 21.2. The molecule has 4 heteroatoms. The lowest BCUT2D eigenvalue weighted by Crippen LogP contribution is -2.52. The molecule has 1 fully saturated rings. The Bertz CT molecular complexity index is 365. The molecule has 0 aliphatic carbocycles. The molecule has 2 heterocycles. The third-order valence-corrected chi connectivity index (χ3v) is 3.92. The van der Waals surface area contributed by atoms with Gasteiger partial charge in [0, 0.05) is 24.4 Å². The van der Waals surface area contributed by atoms with Gasteiger partial charge in [0.05, 0.1) is 19.3 Å². The van der Waals surface area contributed by atoms with Crippen molar-refractivity contribution in [3.8, 4) is 6.07 Å². The second-order valence-electron chi connectivity index (χ2n) is 4.24. The van der Waals surface area contributed by atoms with Crippen LogP contribution in [0.3, 0.4) is 0 Å². The lowest BCUT2D eigenvalue weighted by atomic mass is 9.96. The molecule has 1 saturated heterocycles. The Hall–Kier alpha value is -0.890. The van der Waals surface area contributed by atoms with Gasteiger partial charge >= 0.3 is 0 Å². The predicted octanol–water partition coefficient (Wildman–Crippen LogP) is 1.91. The minimum atomic E-state index is -0.394. The summed E-state index contributed by atoms with van der Waals surface area (Å²) in [7, 11) is 0. The second-order valence-corrected chi connectivity index (χ2v) is 5.27. The van der Waals surface area contributed by atoms with Gasteiger partial charge in [-0.2, -0.15) is 5.26 Å². The van der Waals surface area contributed by atoms with Crippen molar-refractivity contribution in [1.82, 2.24) is 4.90 Å². The van der Waals surface area contributed by atoms with E-state index in [1.807, 2.05) is 13.0 Å². The van der Waals surface area contributed by atoms with E-state index in [0.29, 0.717) is 0 Å². The standard InChI is InChI=1S/C12H16N2OS/c1-12(10-13,9-11-3-2-8-16-11)14-4-6-15-7-5-14/h2-3,8H,4-7,9H2,1H3. The van der Waals surface area contributed by atoms with Crippen LogP contribution in [0.25, 0.3) is 0 Å². The zero-order valence-electron chi connectivity index (χ0n) is 9.48. The van der Waals surface area contributed by atoms with E-state index in [0.717, 1.165) is 32.7 Å². The minimum Gasteiger partial charge on any atom is -0.379 e. The van der Waals surface area contributed by atoms with Crippen LogP contribution in [0.5, 0.6) is 0 Å². The van der Waals surface area contributed by atoms with Gasteiger partial charge < -0.3 is 4.74 Å². The number of nitrogens with zero attached hydrogens (tertiary/aromatic N) is 2. The summed E-state index contributed by atoms with van der Waals surface area (Å²) in [5, 5.41) is 11.5. The highest BCUT2D eigenvalue weighted by atomic mass is 32.1. The van der Waals surface area contributed by atoms with Crippen molar-refractivity contribution in [2.45, 2.75) is 18.9 Å². The smallest absolute Gasteiger partial charge is 0.111 e. The van der Waals surface area contributed by atoms with Crippen LogP contribution in [0, 0.1) is 11.3 Å². The van der Waals surface area contributed by atoms with E-state index in [1.165, 1.54) is 4.88 Å². The summed E-state index contributed by atoms with van der Waals surface area (Å²) < 4.78 is 5.33. The fraction of sp³-hybridized carbons (Fsp3) is 0.583. The van der Waals surface area contributed by atoms with Gasteiger partial charge in [-0.1, -0.05) is 6.07 Å². The van der Waals surface area contributed by atoms with E-state index in [1.54, 1.807) is 11.3 Å². The van der Waals surface area contributed by atoms with Crippen molar-refractivity contribution in [3.63, 3.8) is 0 Å². The van der Waals surface area contributed by atoms with Gasteiger partial charge in [0.2, 0.25) is 0 Å². The number of hydrogen-bond donors (Lipinski definition) is 0. The van der Waals surface area contributed by atoms with E-state index in [2.05, 4.69) is 22.4 Å². The van der Waals surface area contributed by atoms with Gasteiger partial charge in [0.25, 0.3) is 0 Å². The molecule has 86 valence electrons. The summed E-state index contributed by atoms with van der Waals surface area (Å²) in [5.41, 5.74) is -0.394. The first-order valence-electron chi connectivity index (χ1n) is 5.51. The molecular formula is C12H16N2OS. The molecule has 2 rings (SSSR count). The number of hydrogen-bond acceptors (Lipinski definition) is 4. The van der Waals surface area contributed by atoms with Gasteiger partial charge in [-0.3, -0.25) is 4.90 Å². The quantitative estimate of drug-likeness (QED) is 0.804. The van der Waals surface area contributed by atoms with Crippen molar-refractivity contribution in [2.75, 3.05) is 26.3 Å². The molecule has 0 aromatic carbocycles. The zero-order valence-corrected chi connectivity index (χ0v) is 10.3. The van der Waals surface area contributed by atoms with Gasteiger partial charge in [-0.25, -0.2) is 0 Å². The van der Waals surface area contributed by atoms with Crippen molar-refractivity contribution in [1.29, 1.82) is 5.26 Å². The number of rotatable bonds is 3. The molecule has 0 radical (unpaired) electrons. The van der Waals surface area contributed by atoms with Crippen LogP contribution in [0.1, 0.15) is 11.8 Å². The maximum atomic E-state index is 9.41. The summed E-state index contributed by atoms with van der Waals surface area (Å²) in [4.78, 5) is 3.51. The lowest BCUT2D eigenvalue weighted by Gasteiger charge is -2.38. The predicted molar refractivity (Wildman–Crippen MR) is 64.4 cm³/mol. The molecular weight excluding hydrogens is 220 g/mol. The molecule has 16 heavy (non-hydrogen) atoms. The highest BCUT2D eigenvalue weighted by Crippen LogP contribution is 2.23. The summed E-state index contributed by atoms with van der Waals surface area (Å²) in [6.45, 7) is 5.21. The van der Waals surface area contributed by atoms with Crippen LogP contribution < -0.4 is 0 Å². The van der Waals surface area contributed by atoms with Crippen LogP contribution in [0.4, 0.5) is 0 Å². The Morgan fingerprint density at radius 3 is 2.88 bits per heavy atom. The Balaban J connectivity index is 2.09. The maximum absolute atomic E-state index is 9.41. The number of ether oxygens (including phenoxy) is 1. The molecule has 1 aliphatic heterocycles. The fourth-order valence-electron chi connectivity index (χ4n) is 2.03. The zero-order chi connectivity index (χ0) is 11.4. The SMILES string of the molecule is CC(C#N)(Cc1cccs1)N1CCOCC1. The van der Waals surface area contributed by atoms with E-state index < -0.39 is 5.54 Å². The van der Waals surface area contributed by atoms with Crippen LogP contribution >= 0.6 is 11.3 Å². The first-order valence-corrected chi connectivity index (χ1v) is 6.39. The van der Waals surface area contributed by atoms with Gasteiger partial charge in [-0.15, -0.1) is 11.3 Å². The van der Waals surface area contributed by atoms with E-state index in [-0.39, 0.29) is 0 Å². The molecule has 0 amide bonds. The van der Waals surface area contributed by atoms with Crippen molar-refractivity contribution in [2.24, 2.45) is 0 Å². The van der Waals surface area contributed by atoms with E-state index in [9.17, 15) is 5.26 Å². The summed E-state index contributed by atoms with van der Waals surface area (Å²) in [5.74, 6) is 0. The Kier molecular flexibility index (Phi) is 3.59. The summed E-state index contributed by atoms with van der Waals surface area (Å²) in [6, 6.07) is 6.60. The molecule has 1 atom stereocenters. The number of morpholine rings is 1. The number of thiophene rings is 1. The molecule has 1 aliphatic rings. The average Bonchev–Trinajstić information content (AvgIpc) is 2.83. The van der Waals surface area contributed by atoms with Crippen molar-refractivity contribution in [3.05, 3.63) is 22.4 Å². The van der Waals surface area contributed by atoms with Crippen LogP contribution in [0.2, 0.25) is 0 Å². The molecule has 1 aromatic rings.